The summed E-state index contributed by atoms with van der Waals surface area (Å²) < 4.78 is 4.42. The van der Waals surface area contributed by atoms with Crippen LogP contribution in [0.4, 0.5) is 0 Å². The second kappa shape index (κ2) is 5.48. The first-order valence-electron chi connectivity index (χ1n) is 4.77. The minimum absolute atomic E-state index is 0.00903. The Hall–Kier alpha value is -1.59. The average Bonchev–Trinajstić information content (AvgIpc) is 2.23. The molecule has 92 valence electrons. The molecule has 6 heteroatoms. The number of carboxylic acid groups (broad SMARTS) is 1. The van der Waals surface area contributed by atoms with Gasteiger partial charge < -0.3 is 14.7 Å². The highest BCUT2D eigenvalue weighted by Crippen LogP contribution is 2.25. The number of rotatable bonds is 5. The molecule has 0 heterocycles. The van der Waals surface area contributed by atoms with Gasteiger partial charge in [0.15, 0.2) is 5.41 Å². The Labute approximate surface area is 94.2 Å². The molecule has 0 saturated heterocycles. The first-order chi connectivity index (χ1) is 7.25. The van der Waals surface area contributed by atoms with Crippen LogP contribution in [-0.4, -0.2) is 49.1 Å². The highest BCUT2D eigenvalue weighted by Gasteiger charge is 2.42. The Kier molecular flexibility index (Phi) is 4.94. The van der Waals surface area contributed by atoms with Crippen molar-refractivity contribution in [3.8, 4) is 0 Å². The van der Waals surface area contributed by atoms with Crippen LogP contribution in [0.3, 0.4) is 0 Å². The van der Waals surface area contributed by atoms with Gasteiger partial charge in [-0.05, 0) is 13.3 Å². The Balaban J connectivity index is 4.65. The molecule has 0 aromatic carbocycles. The summed E-state index contributed by atoms with van der Waals surface area (Å²) in [7, 11) is 4.26. The summed E-state index contributed by atoms with van der Waals surface area (Å²) in [5.41, 5.74) is -1.67. The standard InChI is InChI=1S/C10H17NO5/c1-10(8(13)14,9(15)16-4)6-5-7(12)11(2)3/h5-6H2,1-4H3,(H,13,14)/t10-/m0/s1. The summed E-state index contributed by atoms with van der Waals surface area (Å²) in [6.07, 6.45) is -0.0864. The smallest absolute Gasteiger partial charge is 0.322 e. The van der Waals surface area contributed by atoms with Crippen LogP contribution in [0.5, 0.6) is 0 Å². The average molecular weight is 231 g/mol. The predicted octanol–water partition coefficient (Wildman–Crippen LogP) is 0.119. The Morgan fingerprint density at radius 3 is 2.12 bits per heavy atom. The van der Waals surface area contributed by atoms with Crippen LogP contribution in [0.1, 0.15) is 19.8 Å². The summed E-state index contributed by atoms with van der Waals surface area (Å²) in [5, 5.41) is 8.96. The molecular formula is C10H17NO5. The van der Waals surface area contributed by atoms with E-state index in [2.05, 4.69) is 4.74 Å². The third-order valence-corrected chi connectivity index (χ3v) is 2.45. The quantitative estimate of drug-likeness (QED) is 0.536. The SMILES string of the molecule is COC(=O)[C@@](C)(CCC(=O)N(C)C)C(=O)O. The van der Waals surface area contributed by atoms with E-state index < -0.39 is 17.4 Å². The van der Waals surface area contributed by atoms with E-state index in [1.54, 1.807) is 14.1 Å². The number of carbonyl (C=O) groups is 3. The number of carbonyl (C=O) groups excluding carboxylic acids is 2. The molecule has 0 aromatic heterocycles. The van der Waals surface area contributed by atoms with E-state index in [-0.39, 0.29) is 18.7 Å². The van der Waals surface area contributed by atoms with Crippen LogP contribution in [0.25, 0.3) is 0 Å². The van der Waals surface area contributed by atoms with Crippen LogP contribution in [0.2, 0.25) is 0 Å². The molecule has 0 unspecified atom stereocenters. The fourth-order valence-electron chi connectivity index (χ4n) is 1.10. The van der Waals surface area contributed by atoms with Crippen molar-refractivity contribution >= 4 is 17.8 Å². The maximum atomic E-state index is 11.3. The number of amides is 1. The van der Waals surface area contributed by atoms with Crippen LogP contribution >= 0.6 is 0 Å². The van der Waals surface area contributed by atoms with E-state index in [4.69, 9.17) is 5.11 Å². The van der Waals surface area contributed by atoms with Crippen LogP contribution in [0.15, 0.2) is 0 Å². The highest BCUT2D eigenvalue weighted by atomic mass is 16.5. The zero-order valence-electron chi connectivity index (χ0n) is 9.94. The van der Waals surface area contributed by atoms with Gasteiger partial charge in [-0.15, -0.1) is 0 Å². The second-order valence-corrected chi connectivity index (χ2v) is 3.92. The second-order valence-electron chi connectivity index (χ2n) is 3.92. The molecular weight excluding hydrogens is 214 g/mol. The van der Waals surface area contributed by atoms with Crippen molar-refractivity contribution in [2.24, 2.45) is 5.41 Å². The van der Waals surface area contributed by atoms with Crippen molar-refractivity contribution < 1.29 is 24.2 Å². The molecule has 6 nitrogen and oxygen atoms in total. The van der Waals surface area contributed by atoms with Crippen molar-refractivity contribution in [2.75, 3.05) is 21.2 Å². The Morgan fingerprint density at radius 2 is 1.81 bits per heavy atom. The van der Waals surface area contributed by atoms with Gasteiger partial charge >= 0.3 is 11.9 Å². The molecule has 0 radical (unpaired) electrons. The van der Waals surface area contributed by atoms with Crippen molar-refractivity contribution in [1.29, 1.82) is 0 Å². The number of hydrogen-bond donors (Lipinski definition) is 1. The minimum Gasteiger partial charge on any atom is -0.480 e. The number of ether oxygens (including phenoxy) is 1. The van der Waals surface area contributed by atoms with E-state index in [1.165, 1.54) is 11.8 Å². The van der Waals surface area contributed by atoms with Gasteiger partial charge in [-0.1, -0.05) is 0 Å². The van der Waals surface area contributed by atoms with Gasteiger partial charge in [0.1, 0.15) is 0 Å². The number of esters is 1. The van der Waals surface area contributed by atoms with E-state index in [1.807, 2.05) is 0 Å². The zero-order valence-corrected chi connectivity index (χ0v) is 9.94. The molecule has 0 spiro atoms. The highest BCUT2D eigenvalue weighted by molar-refractivity contribution is 5.99. The molecule has 0 rings (SSSR count). The summed E-state index contributed by atoms with van der Waals surface area (Å²) in [4.78, 5) is 35.0. The number of carboxylic acids is 1. The largest absolute Gasteiger partial charge is 0.480 e. The third kappa shape index (κ3) is 3.22. The third-order valence-electron chi connectivity index (χ3n) is 2.45. The molecule has 1 amide bonds. The van der Waals surface area contributed by atoms with Gasteiger partial charge in [0.25, 0.3) is 0 Å². The van der Waals surface area contributed by atoms with E-state index in [0.717, 1.165) is 7.11 Å². The fraction of sp³-hybridized carbons (Fsp3) is 0.700. The lowest BCUT2D eigenvalue weighted by atomic mass is 9.85. The van der Waals surface area contributed by atoms with Gasteiger partial charge in [-0.2, -0.15) is 0 Å². The number of aliphatic carboxylic acids is 1. The summed E-state index contributed by atoms with van der Waals surface area (Å²) in [6, 6.07) is 0. The van der Waals surface area contributed by atoms with Crippen LogP contribution in [0, 0.1) is 5.41 Å². The van der Waals surface area contributed by atoms with Crippen molar-refractivity contribution in [3.63, 3.8) is 0 Å². The molecule has 1 atom stereocenters. The first-order valence-corrected chi connectivity index (χ1v) is 4.77. The molecule has 1 N–H and O–H groups in total. The molecule has 0 aliphatic carbocycles. The van der Waals surface area contributed by atoms with Crippen molar-refractivity contribution in [3.05, 3.63) is 0 Å². The van der Waals surface area contributed by atoms with Gasteiger partial charge in [-0.25, -0.2) is 0 Å². The number of hydrogen-bond acceptors (Lipinski definition) is 4. The lowest BCUT2D eigenvalue weighted by molar-refractivity contribution is -0.166. The van der Waals surface area contributed by atoms with Gasteiger partial charge in [0.2, 0.25) is 5.91 Å². The maximum Gasteiger partial charge on any atom is 0.322 e. The van der Waals surface area contributed by atoms with Crippen molar-refractivity contribution in [2.45, 2.75) is 19.8 Å². The molecule has 0 aliphatic heterocycles. The van der Waals surface area contributed by atoms with Gasteiger partial charge in [0.05, 0.1) is 7.11 Å². The van der Waals surface area contributed by atoms with E-state index in [0.29, 0.717) is 0 Å². The predicted molar refractivity (Wildman–Crippen MR) is 55.7 cm³/mol. The van der Waals surface area contributed by atoms with Gasteiger partial charge in [-0.3, -0.25) is 14.4 Å². The number of methoxy groups -OCH3 is 1. The van der Waals surface area contributed by atoms with Crippen LogP contribution in [-0.2, 0) is 19.1 Å². The van der Waals surface area contributed by atoms with E-state index >= 15 is 0 Å². The lowest BCUT2D eigenvalue weighted by Gasteiger charge is -2.22. The summed E-state index contributed by atoms with van der Waals surface area (Å²) in [5.74, 6) is -2.35. The molecule has 0 bridgehead atoms. The van der Waals surface area contributed by atoms with Crippen LogP contribution < -0.4 is 0 Å². The van der Waals surface area contributed by atoms with Crippen molar-refractivity contribution in [1.82, 2.24) is 4.90 Å². The molecule has 0 aromatic rings. The molecule has 16 heavy (non-hydrogen) atoms. The topological polar surface area (TPSA) is 83.9 Å². The Morgan fingerprint density at radius 1 is 1.31 bits per heavy atom. The van der Waals surface area contributed by atoms with E-state index in [9.17, 15) is 14.4 Å². The molecule has 0 saturated carbocycles. The lowest BCUT2D eigenvalue weighted by Crippen LogP contribution is -2.38. The molecule has 0 aliphatic rings. The zero-order chi connectivity index (χ0) is 12.9. The summed E-state index contributed by atoms with van der Waals surface area (Å²) >= 11 is 0. The first kappa shape index (κ1) is 14.4. The monoisotopic (exact) mass is 231 g/mol. The minimum atomic E-state index is -1.67. The van der Waals surface area contributed by atoms with Gasteiger partial charge in [0, 0.05) is 20.5 Å². The Bertz CT molecular complexity index is 300. The molecule has 0 fully saturated rings. The maximum absolute atomic E-state index is 11.3. The fourth-order valence-corrected chi connectivity index (χ4v) is 1.10. The summed E-state index contributed by atoms with van der Waals surface area (Å²) in [6.45, 7) is 1.25. The normalized spacial score (nSPS) is 13.8. The number of nitrogens with zero attached hydrogens (tertiary/aromatic N) is 1.